The monoisotopic (exact) mass is 275 g/mol. The highest BCUT2D eigenvalue weighted by Gasteiger charge is 2.47. The number of carbonyl (C=O) groups is 1. The van der Waals surface area contributed by atoms with E-state index < -0.39 is 27.4 Å². The molecule has 1 unspecified atom stereocenters. The summed E-state index contributed by atoms with van der Waals surface area (Å²) in [7, 11) is -5.58. The molecule has 0 bridgehead atoms. The van der Waals surface area contributed by atoms with E-state index in [0.717, 1.165) is 4.72 Å². The predicted molar refractivity (Wildman–Crippen MR) is 56.4 cm³/mol. The van der Waals surface area contributed by atoms with Crippen LogP contribution in [0.3, 0.4) is 0 Å². The lowest BCUT2D eigenvalue weighted by Gasteiger charge is -2.14. The smallest absolute Gasteiger partial charge is 0.274 e. The van der Waals surface area contributed by atoms with Crippen LogP contribution in [-0.2, 0) is 14.8 Å². The van der Waals surface area contributed by atoms with Crippen LogP contribution in [-0.4, -0.2) is 19.8 Å². The summed E-state index contributed by atoms with van der Waals surface area (Å²) >= 11 is 0. The van der Waals surface area contributed by atoms with Gasteiger partial charge in [0.05, 0.1) is 0 Å². The SMILES string of the molecule is CC(C)CCC(C)C(=O)NS(=O)(=O)C(F)(F)F. The highest BCUT2D eigenvalue weighted by atomic mass is 32.2. The molecule has 1 atom stereocenters. The summed E-state index contributed by atoms with van der Waals surface area (Å²) < 4.78 is 58.2. The molecule has 0 saturated carbocycles. The van der Waals surface area contributed by atoms with Crippen molar-refractivity contribution < 1.29 is 26.4 Å². The molecule has 0 aromatic rings. The molecule has 0 fully saturated rings. The van der Waals surface area contributed by atoms with E-state index in [0.29, 0.717) is 18.8 Å². The Kier molecular flexibility index (Phi) is 5.44. The Bertz CT molecular complexity index is 362. The molecule has 8 heteroatoms. The van der Waals surface area contributed by atoms with E-state index in [4.69, 9.17) is 0 Å². The molecule has 4 nitrogen and oxygen atoms in total. The van der Waals surface area contributed by atoms with Crippen LogP contribution in [0.25, 0.3) is 0 Å². The number of sulfonamides is 1. The number of alkyl halides is 3. The minimum absolute atomic E-state index is 0.296. The second kappa shape index (κ2) is 5.70. The zero-order valence-corrected chi connectivity index (χ0v) is 10.7. The van der Waals surface area contributed by atoms with Gasteiger partial charge in [-0.15, -0.1) is 0 Å². The second-order valence-electron chi connectivity index (χ2n) is 4.29. The second-order valence-corrected chi connectivity index (χ2v) is 5.96. The number of rotatable bonds is 5. The highest BCUT2D eigenvalue weighted by Crippen LogP contribution is 2.22. The quantitative estimate of drug-likeness (QED) is 0.835. The Morgan fingerprint density at radius 1 is 1.18 bits per heavy atom. The van der Waals surface area contributed by atoms with Crippen molar-refractivity contribution in [3.05, 3.63) is 0 Å². The van der Waals surface area contributed by atoms with Gasteiger partial charge in [-0.25, -0.2) is 4.72 Å². The average Bonchev–Trinajstić information content (AvgIpc) is 2.11. The molecule has 0 radical (unpaired) electrons. The number of amides is 1. The molecule has 0 aromatic carbocycles. The minimum Gasteiger partial charge on any atom is -0.274 e. The lowest BCUT2D eigenvalue weighted by Crippen LogP contribution is -2.42. The van der Waals surface area contributed by atoms with Gasteiger partial charge in [0.15, 0.2) is 0 Å². The fraction of sp³-hybridized carbons (Fsp3) is 0.889. The van der Waals surface area contributed by atoms with Crippen LogP contribution in [0.2, 0.25) is 0 Å². The van der Waals surface area contributed by atoms with Crippen molar-refractivity contribution in [2.75, 3.05) is 0 Å². The molecule has 0 spiro atoms. The van der Waals surface area contributed by atoms with Gasteiger partial charge in [-0.1, -0.05) is 27.2 Å². The molecule has 102 valence electrons. The maximum absolute atomic E-state index is 12.0. The Morgan fingerprint density at radius 3 is 2.00 bits per heavy atom. The summed E-state index contributed by atoms with van der Waals surface area (Å²) in [6, 6.07) is 0. The topological polar surface area (TPSA) is 63.2 Å². The molecular weight excluding hydrogens is 259 g/mol. The number of halogens is 3. The molecule has 0 aliphatic heterocycles. The molecule has 0 aliphatic carbocycles. The zero-order valence-electron chi connectivity index (χ0n) is 9.84. The molecule has 1 N–H and O–H groups in total. The van der Waals surface area contributed by atoms with Crippen LogP contribution < -0.4 is 4.72 Å². The Hall–Kier alpha value is -0.790. The lowest BCUT2D eigenvalue weighted by molar-refractivity contribution is -0.123. The summed E-state index contributed by atoms with van der Waals surface area (Å²) in [5, 5.41) is 0. The van der Waals surface area contributed by atoms with E-state index in [9.17, 15) is 26.4 Å². The third-order valence-corrected chi connectivity index (χ3v) is 3.24. The van der Waals surface area contributed by atoms with Crippen molar-refractivity contribution in [2.24, 2.45) is 11.8 Å². The molecular formula is C9H16F3NO3S. The molecule has 17 heavy (non-hydrogen) atoms. The van der Waals surface area contributed by atoms with Gasteiger partial charge in [-0.3, -0.25) is 4.79 Å². The van der Waals surface area contributed by atoms with E-state index in [1.807, 2.05) is 13.8 Å². The zero-order chi connectivity index (χ0) is 13.9. The summed E-state index contributed by atoms with van der Waals surface area (Å²) in [6.07, 6.45) is 0.984. The number of hydrogen-bond donors (Lipinski definition) is 1. The first kappa shape index (κ1) is 16.2. The molecule has 0 heterocycles. The van der Waals surface area contributed by atoms with Crippen molar-refractivity contribution >= 4 is 15.9 Å². The van der Waals surface area contributed by atoms with Crippen LogP contribution >= 0.6 is 0 Å². The number of nitrogens with one attached hydrogen (secondary N) is 1. The Labute approximate surface area is 98.6 Å². The highest BCUT2D eigenvalue weighted by molar-refractivity contribution is 7.90. The lowest BCUT2D eigenvalue weighted by atomic mass is 9.99. The van der Waals surface area contributed by atoms with Gasteiger partial charge in [0.1, 0.15) is 0 Å². The Balaban J connectivity index is 4.46. The number of carbonyl (C=O) groups excluding carboxylic acids is 1. The first-order chi connectivity index (χ1) is 7.47. The first-order valence-electron chi connectivity index (χ1n) is 5.10. The van der Waals surface area contributed by atoms with E-state index in [-0.39, 0.29) is 0 Å². The van der Waals surface area contributed by atoms with Crippen LogP contribution in [0.5, 0.6) is 0 Å². The minimum atomic E-state index is -5.58. The Morgan fingerprint density at radius 2 is 1.65 bits per heavy atom. The van der Waals surface area contributed by atoms with Gasteiger partial charge < -0.3 is 0 Å². The average molecular weight is 275 g/mol. The van der Waals surface area contributed by atoms with Crippen molar-refractivity contribution in [2.45, 2.75) is 39.1 Å². The number of hydrogen-bond acceptors (Lipinski definition) is 3. The van der Waals surface area contributed by atoms with Gasteiger partial charge in [0.2, 0.25) is 5.91 Å². The van der Waals surface area contributed by atoms with Crippen LogP contribution in [0.4, 0.5) is 13.2 Å². The summed E-state index contributed by atoms with van der Waals surface area (Å²) in [5.41, 5.74) is -5.46. The van der Waals surface area contributed by atoms with Gasteiger partial charge in [0, 0.05) is 5.92 Å². The molecule has 0 saturated heterocycles. The van der Waals surface area contributed by atoms with Crippen LogP contribution in [0.1, 0.15) is 33.6 Å². The van der Waals surface area contributed by atoms with Crippen molar-refractivity contribution in [3.8, 4) is 0 Å². The van der Waals surface area contributed by atoms with E-state index in [1.165, 1.54) is 6.92 Å². The van der Waals surface area contributed by atoms with Crippen LogP contribution in [0.15, 0.2) is 0 Å². The standard InChI is InChI=1S/C9H16F3NO3S/c1-6(2)4-5-7(3)8(14)13-17(15,16)9(10,11)12/h6-7H,4-5H2,1-3H3,(H,13,14). The van der Waals surface area contributed by atoms with E-state index in [2.05, 4.69) is 0 Å². The molecule has 0 aromatic heterocycles. The summed E-state index contributed by atoms with van der Waals surface area (Å²) in [6.45, 7) is 5.19. The third kappa shape index (κ3) is 5.38. The van der Waals surface area contributed by atoms with Gasteiger partial charge in [-0.2, -0.15) is 21.6 Å². The maximum Gasteiger partial charge on any atom is 0.516 e. The van der Waals surface area contributed by atoms with Crippen LogP contribution in [0, 0.1) is 11.8 Å². The van der Waals surface area contributed by atoms with Gasteiger partial charge in [-0.05, 0) is 12.3 Å². The third-order valence-electron chi connectivity index (χ3n) is 2.16. The predicted octanol–water partition coefficient (Wildman–Crippen LogP) is 2.02. The van der Waals surface area contributed by atoms with Crippen molar-refractivity contribution in [1.82, 2.24) is 4.72 Å². The van der Waals surface area contributed by atoms with Crippen molar-refractivity contribution in [3.63, 3.8) is 0 Å². The van der Waals surface area contributed by atoms with Crippen molar-refractivity contribution in [1.29, 1.82) is 0 Å². The molecule has 0 rings (SSSR count). The molecule has 0 aliphatic rings. The fourth-order valence-electron chi connectivity index (χ4n) is 1.01. The molecule has 1 amide bonds. The summed E-state index contributed by atoms with van der Waals surface area (Å²) in [5.74, 6) is -1.60. The normalized spacial score (nSPS) is 14.8. The van der Waals surface area contributed by atoms with Gasteiger partial charge in [0.25, 0.3) is 0 Å². The maximum atomic E-state index is 12.0. The fourth-order valence-corrected chi connectivity index (χ4v) is 1.59. The largest absolute Gasteiger partial charge is 0.516 e. The van der Waals surface area contributed by atoms with E-state index in [1.54, 1.807) is 0 Å². The summed E-state index contributed by atoms with van der Waals surface area (Å²) in [4.78, 5) is 11.2. The van der Waals surface area contributed by atoms with E-state index >= 15 is 0 Å². The first-order valence-corrected chi connectivity index (χ1v) is 6.58. The van der Waals surface area contributed by atoms with Gasteiger partial charge >= 0.3 is 15.5 Å².